The maximum Gasteiger partial charge on any atom is 0.245 e. The third-order valence-electron chi connectivity index (χ3n) is 4.95. The summed E-state index contributed by atoms with van der Waals surface area (Å²) < 4.78 is 4.95. The fourth-order valence-electron chi connectivity index (χ4n) is 3.18. The molecule has 1 N–H and O–H groups in total. The molecule has 0 spiro atoms. The molecule has 0 bridgehead atoms. The minimum absolute atomic E-state index is 0.00400. The van der Waals surface area contributed by atoms with Crippen LogP contribution in [0.2, 0.25) is 0 Å². The summed E-state index contributed by atoms with van der Waals surface area (Å²) >= 11 is 0. The van der Waals surface area contributed by atoms with Crippen LogP contribution < -0.4 is 5.32 Å². The molecule has 2 aromatic rings. The van der Waals surface area contributed by atoms with Gasteiger partial charge < -0.3 is 14.7 Å². The molecular weight excluding hydrogens is 330 g/mol. The first-order valence-electron chi connectivity index (χ1n) is 9.08. The highest BCUT2D eigenvalue weighted by Crippen LogP contribution is 2.48. The van der Waals surface area contributed by atoms with Crippen LogP contribution in [0.5, 0.6) is 0 Å². The lowest BCUT2D eigenvalue weighted by Gasteiger charge is -2.28. The number of anilines is 1. The van der Waals surface area contributed by atoms with Crippen molar-refractivity contribution in [3.05, 3.63) is 47.7 Å². The molecule has 2 amide bonds. The van der Waals surface area contributed by atoms with E-state index in [0.29, 0.717) is 11.6 Å². The number of carbonyl (C=O) groups is 2. The summed E-state index contributed by atoms with van der Waals surface area (Å²) in [5, 5.41) is 6.45. The molecule has 1 heterocycles. The summed E-state index contributed by atoms with van der Waals surface area (Å²) in [5.41, 5.74) is 1.19. The van der Waals surface area contributed by atoms with Gasteiger partial charge in [-0.3, -0.25) is 9.59 Å². The van der Waals surface area contributed by atoms with E-state index >= 15 is 0 Å². The quantitative estimate of drug-likeness (QED) is 0.826. The molecular formula is C20H25N3O3. The number of aryl methyl sites for hydroxylation is 1. The van der Waals surface area contributed by atoms with Crippen LogP contribution in [-0.4, -0.2) is 34.5 Å². The van der Waals surface area contributed by atoms with Crippen LogP contribution in [0.15, 0.2) is 40.9 Å². The third kappa shape index (κ3) is 4.12. The first kappa shape index (κ1) is 18.2. The molecule has 3 rings (SSSR count). The van der Waals surface area contributed by atoms with E-state index in [1.165, 1.54) is 5.56 Å². The SMILES string of the molecule is CC[C@@H](C)N(CC(=O)Nc1cc(C)on1)C(=O)[C@H]1C[C@H]1c1ccccc1. The smallest absolute Gasteiger partial charge is 0.245 e. The molecule has 0 unspecified atom stereocenters. The number of nitrogens with one attached hydrogen (secondary N) is 1. The van der Waals surface area contributed by atoms with Crippen LogP contribution in [0.3, 0.4) is 0 Å². The Morgan fingerprint density at radius 2 is 2.08 bits per heavy atom. The van der Waals surface area contributed by atoms with Crippen molar-refractivity contribution in [3.63, 3.8) is 0 Å². The van der Waals surface area contributed by atoms with E-state index < -0.39 is 0 Å². The monoisotopic (exact) mass is 355 g/mol. The third-order valence-corrected chi connectivity index (χ3v) is 4.95. The number of rotatable bonds is 7. The van der Waals surface area contributed by atoms with Gasteiger partial charge in [-0.1, -0.05) is 42.4 Å². The second kappa shape index (κ2) is 7.72. The van der Waals surface area contributed by atoms with E-state index in [2.05, 4.69) is 22.6 Å². The Hall–Kier alpha value is -2.63. The van der Waals surface area contributed by atoms with Crippen molar-refractivity contribution in [1.29, 1.82) is 0 Å². The normalized spacial score (nSPS) is 19.7. The predicted octanol–water partition coefficient (Wildman–Crippen LogP) is 3.35. The first-order chi connectivity index (χ1) is 12.5. The molecule has 1 aromatic carbocycles. The fourth-order valence-corrected chi connectivity index (χ4v) is 3.18. The van der Waals surface area contributed by atoms with Gasteiger partial charge in [0.15, 0.2) is 5.82 Å². The summed E-state index contributed by atoms with van der Waals surface area (Å²) in [4.78, 5) is 27.0. The molecule has 0 saturated heterocycles. The van der Waals surface area contributed by atoms with Gasteiger partial charge in [0.25, 0.3) is 0 Å². The summed E-state index contributed by atoms with van der Waals surface area (Å²) in [7, 11) is 0. The number of carbonyl (C=O) groups excluding carboxylic acids is 2. The molecule has 138 valence electrons. The van der Waals surface area contributed by atoms with Crippen molar-refractivity contribution in [1.82, 2.24) is 10.1 Å². The zero-order chi connectivity index (χ0) is 18.7. The van der Waals surface area contributed by atoms with Crippen LogP contribution in [-0.2, 0) is 9.59 Å². The van der Waals surface area contributed by atoms with E-state index in [4.69, 9.17) is 4.52 Å². The van der Waals surface area contributed by atoms with Crippen molar-refractivity contribution < 1.29 is 14.1 Å². The summed E-state index contributed by atoms with van der Waals surface area (Å²) in [6.07, 6.45) is 1.64. The largest absolute Gasteiger partial charge is 0.360 e. The van der Waals surface area contributed by atoms with E-state index in [0.717, 1.165) is 12.8 Å². The van der Waals surface area contributed by atoms with Gasteiger partial charge in [0.1, 0.15) is 12.3 Å². The lowest BCUT2D eigenvalue weighted by molar-refractivity contribution is -0.138. The Labute approximate surface area is 153 Å². The highest BCUT2D eigenvalue weighted by atomic mass is 16.5. The molecule has 1 fully saturated rings. The van der Waals surface area contributed by atoms with Gasteiger partial charge in [0.2, 0.25) is 11.8 Å². The first-order valence-corrected chi connectivity index (χ1v) is 9.08. The fraction of sp³-hybridized carbons (Fsp3) is 0.450. The molecule has 0 radical (unpaired) electrons. The zero-order valence-electron chi connectivity index (χ0n) is 15.4. The Morgan fingerprint density at radius 3 is 2.69 bits per heavy atom. The lowest BCUT2D eigenvalue weighted by atomic mass is 10.1. The standard InChI is InChI=1S/C20H25N3O3/c1-4-13(2)23(12-19(24)21-18-10-14(3)26-22-18)20(25)17-11-16(17)15-8-6-5-7-9-15/h5-10,13,16-17H,4,11-12H2,1-3H3,(H,21,22,24)/t13-,16+,17+/m1/s1. The highest BCUT2D eigenvalue weighted by Gasteiger charge is 2.46. The summed E-state index contributed by atoms with van der Waals surface area (Å²) in [6, 6.07) is 11.7. The number of nitrogens with zero attached hydrogens (tertiary/aromatic N) is 2. The van der Waals surface area contributed by atoms with Crippen molar-refractivity contribution in [3.8, 4) is 0 Å². The number of amides is 2. The second-order valence-electron chi connectivity index (χ2n) is 6.95. The Kier molecular flexibility index (Phi) is 5.40. The van der Waals surface area contributed by atoms with E-state index in [1.807, 2.05) is 32.0 Å². The Balaban J connectivity index is 1.64. The molecule has 1 aliphatic rings. The maximum atomic E-state index is 13.0. The molecule has 6 nitrogen and oxygen atoms in total. The van der Waals surface area contributed by atoms with Gasteiger partial charge >= 0.3 is 0 Å². The highest BCUT2D eigenvalue weighted by molar-refractivity contribution is 5.94. The van der Waals surface area contributed by atoms with Gasteiger partial charge in [-0.15, -0.1) is 0 Å². The molecule has 6 heteroatoms. The molecule has 3 atom stereocenters. The van der Waals surface area contributed by atoms with Gasteiger partial charge in [0.05, 0.1) is 0 Å². The van der Waals surface area contributed by atoms with Crippen LogP contribution in [0.25, 0.3) is 0 Å². The minimum atomic E-state index is -0.260. The van der Waals surface area contributed by atoms with Crippen LogP contribution in [0.4, 0.5) is 5.82 Å². The minimum Gasteiger partial charge on any atom is -0.360 e. The lowest BCUT2D eigenvalue weighted by Crippen LogP contribution is -2.44. The topological polar surface area (TPSA) is 75.4 Å². The van der Waals surface area contributed by atoms with Gasteiger partial charge in [0, 0.05) is 18.0 Å². The Morgan fingerprint density at radius 1 is 1.35 bits per heavy atom. The average molecular weight is 355 g/mol. The second-order valence-corrected chi connectivity index (χ2v) is 6.95. The average Bonchev–Trinajstić information content (AvgIpc) is 3.35. The van der Waals surface area contributed by atoms with Gasteiger partial charge in [-0.25, -0.2) is 0 Å². The number of hydrogen-bond acceptors (Lipinski definition) is 4. The van der Waals surface area contributed by atoms with Crippen LogP contribution >= 0.6 is 0 Å². The number of hydrogen-bond donors (Lipinski definition) is 1. The summed E-state index contributed by atoms with van der Waals surface area (Å²) in [6.45, 7) is 5.78. The van der Waals surface area contributed by atoms with E-state index in [9.17, 15) is 9.59 Å². The molecule has 1 aliphatic carbocycles. The maximum absolute atomic E-state index is 13.0. The molecule has 0 aliphatic heterocycles. The predicted molar refractivity (Wildman–Crippen MR) is 98.6 cm³/mol. The molecule has 26 heavy (non-hydrogen) atoms. The number of benzene rings is 1. The molecule has 1 saturated carbocycles. The van der Waals surface area contributed by atoms with Crippen molar-refractivity contribution in [2.75, 3.05) is 11.9 Å². The van der Waals surface area contributed by atoms with E-state index in [-0.39, 0.29) is 36.2 Å². The summed E-state index contributed by atoms with van der Waals surface area (Å²) in [5.74, 6) is 1.02. The van der Waals surface area contributed by atoms with Crippen molar-refractivity contribution >= 4 is 17.6 Å². The molecule has 1 aromatic heterocycles. The van der Waals surface area contributed by atoms with E-state index in [1.54, 1.807) is 17.9 Å². The van der Waals surface area contributed by atoms with Gasteiger partial charge in [-0.05, 0) is 38.2 Å². The van der Waals surface area contributed by atoms with Crippen molar-refractivity contribution in [2.24, 2.45) is 5.92 Å². The Bertz CT molecular complexity index is 772. The van der Waals surface area contributed by atoms with Crippen molar-refractivity contribution in [2.45, 2.75) is 45.6 Å². The zero-order valence-corrected chi connectivity index (χ0v) is 15.4. The van der Waals surface area contributed by atoms with Gasteiger partial charge in [-0.2, -0.15) is 0 Å². The van der Waals surface area contributed by atoms with Crippen LogP contribution in [0, 0.1) is 12.8 Å². The van der Waals surface area contributed by atoms with Crippen LogP contribution in [0.1, 0.15) is 43.9 Å². The number of aromatic nitrogens is 1.